The highest BCUT2D eigenvalue weighted by atomic mass is 19.1. The summed E-state index contributed by atoms with van der Waals surface area (Å²) in [5, 5.41) is 3.57. The Morgan fingerprint density at radius 3 is 3.00 bits per heavy atom. The molecule has 0 aliphatic heterocycles. The molecule has 0 spiro atoms. The number of rotatable bonds is 3. The summed E-state index contributed by atoms with van der Waals surface area (Å²) in [4.78, 5) is 4.14. The van der Waals surface area contributed by atoms with Crippen molar-refractivity contribution in [2.45, 2.75) is 31.8 Å². The summed E-state index contributed by atoms with van der Waals surface area (Å²) in [6, 6.07) is 9.82. The van der Waals surface area contributed by atoms with E-state index < -0.39 is 0 Å². The third kappa shape index (κ3) is 2.38. The van der Waals surface area contributed by atoms with Crippen LogP contribution in [-0.4, -0.2) is 4.98 Å². The van der Waals surface area contributed by atoms with E-state index in [-0.39, 0.29) is 17.9 Å². The minimum atomic E-state index is -0.0733. The number of pyridine rings is 1. The van der Waals surface area contributed by atoms with E-state index in [1.807, 2.05) is 18.3 Å². The summed E-state index contributed by atoms with van der Waals surface area (Å²) in [6.45, 7) is 2.12. The maximum Gasteiger partial charge on any atom is 0.126 e. The van der Waals surface area contributed by atoms with Gasteiger partial charge in [0.1, 0.15) is 5.82 Å². The molecule has 1 aromatic carbocycles. The van der Waals surface area contributed by atoms with Crippen LogP contribution in [0.15, 0.2) is 42.7 Å². The van der Waals surface area contributed by atoms with Gasteiger partial charge in [0, 0.05) is 24.5 Å². The molecule has 2 nitrogen and oxygen atoms in total. The van der Waals surface area contributed by atoms with Crippen LogP contribution in [0.25, 0.3) is 0 Å². The molecule has 1 heterocycles. The lowest BCUT2D eigenvalue weighted by Crippen LogP contribution is -2.23. The molecule has 19 heavy (non-hydrogen) atoms. The first-order chi connectivity index (χ1) is 9.25. The van der Waals surface area contributed by atoms with Crippen LogP contribution in [0.1, 0.15) is 42.1 Å². The van der Waals surface area contributed by atoms with E-state index in [1.54, 1.807) is 18.3 Å². The fourth-order valence-electron chi connectivity index (χ4n) is 2.81. The molecule has 2 aromatic rings. The van der Waals surface area contributed by atoms with Crippen molar-refractivity contribution in [1.29, 1.82) is 0 Å². The summed E-state index contributed by atoms with van der Waals surface area (Å²) in [7, 11) is 0. The molecule has 1 aliphatic rings. The zero-order valence-corrected chi connectivity index (χ0v) is 10.9. The van der Waals surface area contributed by atoms with E-state index in [2.05, 4.69) is 23.3 Å². The maximum absolute atomic E-state index is 13.7. The van der Waals surface area contributed by atoms with Crippen LogP contribution in [-0.2, 0) is 6.42 Å². The van der Waals surface area contributed by atoms with Crippen LogP contribution in [0.2, 0.25) is 0 Å². The molecule has 1 N–H and O–H groups in total. The second-order valence-corrected chi connectivity index (χ2v) is 5.07. The van der Waals surface area contributed by atoms with E-state index in [9.17, 15) is 4.39 Å². The molecule has 0 bridgehead atoms. The minimum Gasteiger partial charge on any atom is -0.303 e. The molecule has 3 rings (SSSR count). The van der Waals surface area contributed by atoms with Crippen molar-refractivity contribution >= 4 is 0 Å². The topological polar surface area (TPSA) is 24.9 Å². The second kappa shape index (κ2) is 5.10. The molecule has 3 heteroatoms. The van der Waals surface area contributed by atoms with Crippen LogP contribution >= 0.6 is 0 Å². The number of hydrogen-bond acceptors (Lipinski definition) is 2. The average molecular weight is 256 g/mol. The first kappa shape index (κ1) is 12.3. The zero-order valence-electron chi connectivity index (χ0n) is 10.9. The molecule has 0 saturated heterocycles. The van der Waals surface area contributed by atoms with Gasteiger partial charge in [-0.3, -0.25) is 4.98 Å². The van der Waals surface area contributed by atoms with Gasteiger partial charge >= 0.3 is 0 Å². The number of aromatic nitrogens is 1. The lowest BCUT2D eigenvalue weighted by molar-refractivity contribution is 0.464. The highest BCUT2D eigenvalue weighted by Crippen LogP contribution is 2.34. The molecule has 1 unspecified atom stereocenters. The van der Waals surface area contributed by atoms with Crippen molar-refractivity contribution in [3.63, 3.8) is 0 Å². The van der Waals surface area contributed by atoms with Crippen molar-refractivity contribution in [3.8, 4) is 0 Å². The monoisotopic (exact) mass is 256 g/mol. The molecule has 1 aromatic heterocycles. The fourth-order valence-corrected chi connectivity index (χ4v) is 2.81. The molecular weight excluding hydrogens is 239 g/mol. The lowest BCUT2D eigenvalue weighted by Gasteiger charge is -2.20. The Balaban J connectivity index is 1.78. The number of fused-ring (bicyclic) bond motifs is 1. The van der Waals surface area contributed by atoms with Crippen molar-refractivity contribution in [3.05, 3.63) is 65.2 Å². The van der Waals surface area contributed by atoms with Crippen molar-refractivity contribution in [1.82, 2.24) is 10.3 Å². The summed E-state index contributed by atoms with van der Waals surface area (Å²) >= 11 is 0. The van der Waals surface area contributed by atoms with Gasteiger partial charge in [-0.05, 0) is 48.6 Å². The Morgan fingerprint density at radius 1 is 1.32 bits per heavy atom. The molecule has 0 radical (unpaired) electrons. The third-order valence-corrected chi connectivity index (χ3v) is 3.85. The molecule has 0 fully saturated rings. The highest BCUT2D eigenvalue weighted by Gasteiger charge is 2.25. The molecule has 98 valence electrons. The Hall–Kier alpha value is -1.74. The maximum atomic E-state index is 13.7. The van der Waals surface area contributed by atoms with Gasteiger partial charge in [0.05, 0.1) is 0 Å². The predicted molar refractivity (Wildman–Crippen MR) is 73.2 cm³/mol. The lowest BCUT2D eigenvalue weighted by atomic mass is 10.1. The minimum absolute atomic E-state index is 0.0733. The number of benzene rings is 1. The van der Waals surface area contributed by atoms with E-state index >= 15 is 0 Å². The van der Waals surface area contributed by atoms with Gasteiger partial charge in [0.2, 0.25) is 0 Å². The number of halogens is 1. The quantitative estimate of drug-likeness (QED) is 0.908. The van der Waals surface area contributed by atoms with Crippen LogP contribution in [0.5, 0.6) is 0 Å². The molecule has 0 amide bonds. The first-order valence-corrected chi connectivity index (χ1v) is 6.69. The number of nitrogens with zero attached hydrogens (tertiary/aromatic N) is 1. The van der Waals surface area contributed by atoms with E-state index in [0.29, 0.717) is 0 Å². The fraction of sp³-hybridized carbons (Fsp3) is 0.312. The van der Waals surface area contributed by atoms with Crippen LogP contribution in [0.3, 0.4) is 0 Å². The Labute approximate surface area is 112 Å². The standard InChI is InChI=1S/C16H17FN2/c1-11(12-4-3-9-18-10-12)19-16-8-7-13-14(16)5-2-6-15(13)17/h2-6,9-11,16,19H,7-8H2,1H3/t11-,16?/m0/s1. The Bertz CT molecular complexity index is 568. The van der Waals surface area contributed by atoms with Gasteiger partial charge in [-0.1, -0.05) is 18.2 Å². The van der Waals surface area contributed by atoms with Crippen LogP contribution in [0.4, 0.5) is 4.39 Å². The van der Waals surface area contributed by atoms with Gasteiger partial charge in [-0.25, -0.2) is 4.39 Å². The van der Waals surface area contributed by atoms with Crippen molar-refractivity contribution < 1.29 is 4.39 Å². The molecule has 1 aliphatic carbocycles. The summed E-state index contributed by atoms with van der Waals surface area (Å²) in [5.41, 5.74) is 3.14. The van der Waals surface area contributed by atoms with Gasteiger partial charge < -0.3 is 5.32 Å². The summed E-state index contributed by atoms with van der Waals surface area (Å²) < 4.78 is 13.7. The first-order valence-electron chi connectivity index (χ1n) is 6.69. The van der Waals surface area contributed by atoms with E-state index in [0.717, 1.165) is 29.5 Å². The number of hydrogen-bond donors (Lipinski definition) is 1. The average Bonchev–Trinajstić information content (AvgIpc) is 2.84. The van der Waals surface area contributed by atoms with Gasteiger partial charge in [-0.15, -0.1) is 0 Å². The largest absolute Gasteiger partial charge is 0.303 e. The second-order valence-electron chi connectivity index (χ2n) is 5.07. The normalized spacial score (nSPS) is 19.2. The van der Waals surface area contributed by atoms with E-state index in [4.69, 9.17) is 0 Å². The van der Waals surface area contributed by atoms with Crippen molar-refractivity contribution in [2.24, 2.45) is 0 Å². The van der Waals surface area contributed by atoms with Crippen LogP contribution in [0, 0.1) is 5.82 Å². The smallest absolute Gasteiger partial charge is 0.126 e. The molecular formula is C16H17FN2. The van der Waals surface area contributed by atoms with Gasteiger partial charge in [0.25, 0.3) is 0 Å². The zero-order chi connectivity index (χ0) is 13.2. The van der Waals surface area contributed by atoms with E-state index in [1.165, 1.54) is 0 Å². The van der Waals surface area contributed by atoms with Gasteiger partial charge in [-0.2, -0.15) is 0 Å². The molecule has 2 atom stereocenters. The summed E-state index contributed by atoms with van der Waals surface area (Å²) in [6.07, 6.45) is 5.43. The highest BCUT2D eigenvalue weighted by molar-refractivity contribution is 5.36. The van der Waals surface area contributed by atoms with Gasteiger partial charge in [0.15, 0.2) is 0 Å². The Kier molecular flexibility index (Phi) is 3.30. The predicted octanol–water partition coefficient (Wildman–Crippen LogP) is 3.56. The summed E-state index contributed by atoms with van der Waals surface area (Å²) in [5.74, 6) is -0.0733. The third-order valence-electron chi connectivity index (χ3n) is 3.85. The molecule has 0 saturated carbocycles. The SMILES string of the molecule is C[C@H](NC1CCc2c(F)cccc21)c1cccnc1. The number of nitrogens with one attached hydrogen (secondary N) is 1. The Morgan fingerprint density at radius 2 is 2.21 bits per heavy atom. The van der Waals surface area contributed by atoms with Crippen molar-refractivity contribution in [2.75, 3.05) is 0 Å². The van der Waals surface area contributed by atoms with Crippen LogP contribution < -0.4 is 5.32 Å².